The number of alkyl halides is 2. The molecule has 0 atom stereocenters. The van der Waals surface area contributed by atoms with Crippen molar-refractivity contribution < 1.29 is 18.3 Å². The SMILES string of the molecule is CC(C)c1c(NC(=O)Nc2ccnc(OC(F)F)c2)cnc2ccc(Cl)nc12. The number of ether oxygens (including phenoxy) is 1. The number of hydrogen-bond donors (Lipinski definition) is 2. The second-order valence-electron chi connectivity index (χ2n) is 6.08. The lowest BCUT2D eigenvalue weighted by Crippen LogP contribution is -2.21. The van der Waals surface area contributed by atoms with Gasteiger partial charge >= 0.3 is 12.6 Å². The Hall–Kier alpha value is -3.07. The Morgan fingerprint density at radius 3 is 2.68 bits per heavy atom. The molecule has 3 heterocycles. The summed E-state index contributed by atoms with van der Waals surface area (Å²) in [6.45, 7) is 0.905. The second kappa shape index (κ2) is 8.30. The lowest BCUT2D eigenvalue weighted by molar-refractivity contribution is -0.0527. The second-order valence-corrected chi connectivity index (χ2v) is 6.47. The van der Waals surface area contributed by atoms with Crippen LogP contribution in [0.3, 0.4) is 0 Å². The molecule has 0 radical (unpaired) electrons. The number of urea groups is 1. The molecule has 2 amide bonds. The van der Waals surface area contributed by atoms with Crippen molar-refractivity contribution in [1.29, 1.82) is 0 Å². The zero-order valence-corrected chi connectivity index (χ0v) is 15.7. The van der Waals surface area contributed by atoms with Crippen LogP contribution in [0.2, 0.25) is 5.15 Å². The number of halogens is 3. The van der Waals surface area contributed by atoms with E-state index in [1.165, 1.54) is 24.5 Å². The lowest BCUT2D eigenvalue weighted by atomic mass is 10.0. The molecule has 3 aromatic rings. The van der Waals surface area contributed by atoms with Crippen LogP contribution in [-0.2, 0) is 0 Å². The van der Waals surface area contributed by atoms with Gasteiger partial charge in [-0.15, -0.1) is 0 Å². The molecule has 2 N–H and O–H groups in total. The third kappa shape index (κ3) is 4.61. The van der Waals surface area contributed by atoms with Gasteiger partial charge in [0.1, 0.15) is 5.15 Å². The standard InChI is InChI=1S/C18H16ClF2N5O2/c1-9(2)15-12(8-23-11-3-4-13(19)26-16(11)15)25-18(27)24-10-5-6-22-14(7-10)28-17(20)21/h3-9,17H,1-2H3,(H2,22,24,25,27). The van der Waals surface area contributed by atoms with Crippen LogP contribution in [0.4, 0.5) is 25.0 Å². The number of nitrogens with one attached hydrogen (secondary N) is 2. The largest absolute Gasteiger partial charge is 0.417 e. The van der Waals surface area contributed by atoms with Crippen molar-refractivity contribution in [3.63, 3.8) is 0 Å². The molecule has 10 heteroatoms. The number of anilines is 2. The molecule has 0 aliphatic rings. The van der Waals surface area contributed by atoms with Gasteiger partial charge < -0.3 is 15.4 Å². The topological polar surface area (TPSA) is 89.0 Å². The molecule has 0 aromatic carbocycles. The van der Waals surface area contributed by atoms with Gasteiger partial charge in [-0.05, 0) is 24.1 Å². The molecular weight excluding hydrogens is 392 g/mol. The van der Waals surface area contributed by atoms with Gasteiger partial charge in [0, 0.05) is 23.5 Å². The number of carbonyl (C=O) groups excluding carboxylic acids is 1. The molecule has 3 aromatic heterocycles. The van der Waals surface area contributed by atoms with E-state index in [-0.39, 0.29) is 17.5 Å². The first kappa shape index (κ1) is 19.7. The fraction of sp³-hybridized carbons (Fsp3) is 0.222. The Kier molecular flexibility index (Phi) is 5.84. The first-order valence-corrected chi connectivity index (χ1v) is 8.65. The van der Waals surface area contributed by atoms with Crippen molar-refractivity contribution in [2.24, 2.45) is 0 Å². The molecule has 3 rings (SSSR count). The Morgan fingerprint density at radius 1 is 1.18 bits per heavy atom. The Bertz CT molecular complexity index is 1020. The average Bonchev–Trinajstić information content (AvgIpc) is 2.60. The highest BCUT2D eigenvalue weighted by Gasteiger charge is 2.16. The van der Waals surface area contributed by atoms with Gasteiger partial charge in [-0.3, -0.25) is 4.98 Å². The smallest absolute Gasteiger partial charge is 0.388 e. The molecule has 0 fully saturated rings. The molecule has 0 aliphatic carbocycles. The minimum absolute atomic E-state index is 0.0266. The van der Waals surface area contributed by atoms with Gasteiger partial charge in [0.15, 0.2) is 0 Å². The molecule has 0 aliphatic heterocycles. The molecule has 7 nitrogen and oxygen atoms in total. The van der Waals surface area contributed by atoms with Gasteiger partial charge in [-0.2, -0.15) is 8.78 Å². The van der Waals surface area contributed by atoms with Crippen LogP contribution in [0.25, 0.3) is 11.0 Å². The molecule has 0 saturated carbocycles. The fourth-order valence-electron chi connectivity index (χ4n) is 2.67. The molecule has 146 valence electrons. The Labute approximate surface area is 164 Å². The van der Waals surface area contributed by atoms with E-state index < -0.39 is 12.6 Å². The number of nitrogens with zero attached hydrogens (tertiary/aromatic N) is 3. The average molecular weight is 408 g/mol. The first-order chi connectivity index (χ1) is 13.3. The normalized spacial score (nSPS) is 11.1. The van der Waals surface area contributed by atoms with E-state index in [2.05, 4.69) is 30.3 Å². The summed E-state index contributed by atoms with van der Waals surface area (Å²) < 4.78 is 28.8. The van der Waals surface area contributed by atoms with Gasteiger partial charge in [-0.1, -0.05) is 25.4 Å². The predicted octanol–water partition coefficient (Wildman–Crippen LogP) is 5.05. The summed E-state index contributed by atoms with van der Waals surface area (Å²) in [5.41, 5.74) is 2.73. The number of carbonyl (C=O) groups is 1. The summed E-state index contributed by atoms with van der Waals surface area (Å²) in [4.78, 5) is 24.7. The summed E-state index contributed by atoms with van der Waals surface area (Å²) in [5, 5.41) is 5.57. The monoisotopic (exact) mass is 407 g/mol. The van der Waals surface area contributed by atoms with Gasteiger partial charge in [0.2, 0.25) is 5.88 Å². The number of amides is 2. The van der Waals surface area contributed by atoms with Gasteiger partial charge in [-0.25, -0.2) is 14.8 Å². The van der Waals surface area contributed by atoms with Crippen molar-refractivity contribution in [1.82, 2.24) is 15.0 Å². The molecular formula is C18H16ClF2N5O2. The summed E-state index contributed by atoms with van der Waals surface area (Å²) in [5.74, 6) is -0.277. The highest BCUT2D eigenvalue weighted by Crippen LogP contribution is 2.31. The first-order valence-electron chi connectivity index (χ1n) is 8.27. The van der Waals surface area contributed by atoms with E-state index in [1.54, 1.807) is 12.1 Å². The van der Waals surface area contributed by atoms with Crippen LogP contribution in [0.15, 0.2) is 36.7 Å². The maximum absolute atomic E-state index is 12.4. The van der Waals surface area contributed by atoms with Crippen LogP contribution in [0.1, 0.15) is 25.3 Å². The van der Waals surface area contributed by atoms with Crippen molar-refractivity contribution in [2.45, 2.75) is 26.4 Å². The third-order valence-corrected chi connectivity index (χ3v) is 3.96. The molecule has 0 spiro atoms. The molecule has 0 saturated heterocycles. The quantitative estimate of drug-likeness (QED) is 0.578. The van der Waals surface area contributed by atoms with Crippen LogP contribution in [-0.4, -0.2) is 27.6 Å². The lowest BCUT2D eigenvalue weighted by Gasteiger charge is -2.16. The predicted molar refractivity (Wildman–Crippen MR) is 102 cm³/mol. The highest BCUT2D eigenvalue weighted by molar-refractivity contribution is 6.29. The number of fused-ring (bicyclic) bond motifs is 1. The van der Waals surface area contributed by atoms with Crippen molar-refractivity contribution in [2.75, 3.05) is 10.6 Å². The number of rotatable bonds is 5. The van der Waals surface area contributed by atoms with Gasteiger partial charge in [0.25, 0.3) is 0 Å². The maximum atomic E-state index is 12.4. The number of pyridine rings is 3. The van der Waals surface area contributed by atoms with Crippen LogP contribution in [0, 0.1) is 0 Å². The third-order valence-electron chi connectivity index (χ3n) is 3.75. The van der Waals surface area contributed by atoms with Crippen molar-refractivity contribution >= 4 is 40.0 Å². The van der Waals surface area contributed by atoms with Crippen LogP contribution in [0.5, 0.6) is 5.88 Å². The minimum Gasteiger partial charge on any atom is -0.417 e. The fourth-order valence-corrected chi connectivity index (χ4v) is 2.82. The Morgan fingerprint density at radius 2 is 1.96 bits per heavy atom. The van der Waals surface area contributed by atoms with Crippen molar-refractivity contribution in [3.05, 3.63) is 47.4 Å². The van der Waals surface area contributed by atoms with E-state index in [4.69, 9.17) is 11.6 Å². The van der Waals surface area contributed by atoms with Gasteiger partial charge in [0.05, 0.1) is 22.9 Å². The summed E-state index contributed by atoms with van der Waals surface area (Å²) in [6, 6.07) is 5.45. The summed E-state index contributed by atoms with van der Waals surface area (Å²) in [7, 11) is 0. The van der Waals surface area contributed by atoms with Crippen LogP contribution >= 0.6 is 11.6 Å². The molecule has 28 heavy (non-hydrogen) atoms. The Balaban J connectivity index is 1.84. The summed E-state index contributed by atoms with van der Waals surface area (Å²) >= 11 is 6.00. The summed E-state index contributed by atoms with van der Waals surface area (Å²) in [6.07, 6.45) is 2.78. The van der Waals surface area contributed by atoms with E-state index in [0.29, 0.717) is 21.9 Å². The number of aromatic nitrogens is 3. The minimum atomic E-state index is -3.01. The molecule has 0 bridgehead atoms. The number of hydrogen-bond acceptors (Lipinski definition) is 5. The zero-order chi connectivity index (χ0) is 20.3. The van der Waals surface area contributed by atoms with Crippen LogP contribution < -0.4 is 15.4 Å². The zero-order valence-electron chi connectivity index (χ0n) is 14.9. The van der Waals surface area contributed by atoms with E-state index >= 15 is 0 Å². The maximum Gasteiger partial charge on any atom is 0.388 e. The van der Waals surface area contributed by atoms with Crippen molar-refractivity contribution in [3.8, 4) is 5.88 Å². The molecule has 0 unspecified atom stereocenters. The van der Waals surface area contributed by atoms with E-state index in [0.717, 1.165) is 5.56 Å². The highest BCUT2D eigenvalue weighted by atomic mass is 35.5. The van der Waals surface area contributed by atoms with E-state index in [1.807, 2.05) is 13.8 Å². The van der Waals surface area contributed by atoms with E-state index in [9.17, 15) is 13.6 Å².